The topological polar surface area (TPSA) is 27.1 Å². The van der Waals surface area contributed by atoms with Crippen molar-refractivity contribution in [2.24, 2.45) is 7.05 Å². The number of ether oxygens (including phenoxy) is 1. The zero-order chi connectivity index (χ0) is 9.64. The van der Waals surface area contributed by atoms with Crippen molar-refractivity contribution in [3.05, 3.63) is 17.0 Å². The van der Waals surface area contributed by atoms with Gasteiger partial charge in [0.2, 0.25) is 0 Å². The van der Waals surface area contributed by atoms with Crippen molar-refractivity contribution in [3.8, 4) is 0 Å². The number of halogens is 3. The molecule has 3 nitrogen and oxygen atoms in total. The van der Waals surface area contributed by atoms with Gasteiger partial charge in [-0.15, -0.1) is 0 Å². The van der Waals surface area contributed by atoms with Crippen molar-refractivity contribution in [1.29, 1.82) is 0 Å². The molecule has 0 N–H and O–H groups in total. The van der Waals surface area contributed by atoms with Crippen molar-refractivity contribution in [2.45, 2.75) is 19.4 Å². The van der Waals surface area contributed by atoms with Crippen LogP contribution in [0.1, 0.15) is 17.0 Å². The van der Waals surface area contributed by atoms with Gasteiger partial charge < -0.3 is 4.74 Å². The third-order valence-corrected chi connectivity index (χ3v) is 1.98. The van der Waals surface area contributed by atoms with Crippen LogP contribution in [0.4, 0.5) is 13.2 Å². The van der Waals surface area contributed by atoms with Crippen molar-refractivity contribution >= 4 is 0 Å². The lowest BCUT2D eigenvalue weighted by molar-refractivity contribution is -0.144. The van der Waals surface area contributed by atoms with Gasteiger partial charge in [0.05, 0.1) is 18.9 Å². The summed E-state index contributed by atoms with van der Waals surface area (Å²) in [6, 6.07) is 0. The second kappa shape index (κ2) is 2.47. The average Bonchev–Trinajstić information content (AvgIpc) is 2.41. The molecule has 0 fully saturated rings. The molecule has 1 aromatic rings. The van der Waals surface area contributed by atoms with Crippen molar-refractivity contribution < 1.29 is 17.9 Å². The zero-order valence-corrected chi connectivity index (χ0v) is 6.85. The molecule has 6 heteroatoms. The molecular formula is C7H7F3N2O. The van der Waals surface area contributed by atoms with Gasteiger partial charge in [-0.3, -0.25) is 4.68 Å². The Morgan fingerprint density at radius 3 is 2.69 bits per heavy atom. The van der Waals surface area contributed by atoms with E-state index < -0.39 is 11.9 Å². The molecule has 1 aliphatic rings. The number of hydrogen-bond acceptors (Lipinski definition) is 2. The highest BCUT2D eigenvalue weighted by atomic mass is 19.4. The third-order valence-electron chi connectivity index (χ3n) is 1.98. The Balaban J connectivity index is 2.56. The molecule has 0 bridgehead atoms. The first-order valence-electron chi connectivity index (χ1n) is 3.70. The molecule has 0 amide bonds. The Labute approximate surface area is 72.1 Å². The van der Waals surface area contributed by atoms with Crippen LogP contribution in [0.15, 0.2) is 0 Å². The summed E-state index contributed by atoms with van der Waals surface area (Å²) < 4.78 is 43.0. The first-order chi connectivity index (χ1) is 6.00. The van der Waals surface area contributed by atoms with E-state index in [9.17, 15) is 13.2 Å². The van der Waals surface area contributed by atoms with E-state index in [0.717, 1.165) is 4.68 Å². The van der Waals surface area contributed by atoms with Gasteiger partial charge in [0, 0.05) is 12.6 Å². The van der Waals surface area contributed by atoms with E-state index >= 15 is 0 Å². The summed E-state index contributed by atoms with van der Waals surface area (Å²) in [5.41, 5.74) is -0.121. The van der Waals surface area contributed by atoms with Gasteiger partial charge in [-0.2, -0.15) is 18.3 Å². The molecule has 0 saturated carbocycles. The molecule has 2 rings (SSSR count). The fraction of sp³-hybridized carbons (Fsp3) is 0.571. The highest BCUT2D eigenvalue weighted by molar-refractivity contribution is 5.29. The smallest absolute Gasteiger partial charge is 0.370 e. The molecule has 0 radical (unpaired) electrons. The SMILES string of the molecule is Cn1nc2c(c1C(F)(F)F)COC2. The second-order valence-electron chi connectivity index (χ2n) is 2.89. The number of alkyl halides is 3. The monoisotopic (exact) mass is 192 g/mol. The maximum Gasteiger partial charge on any atom is 0.433 e. The molecule has 0 saturated heterocycles. The zero-order valence-electron chi connectivity index (χ0n) is 6.85. The fourth-order valence-corrected chi connectivity index (χ4v) is 1.50. The quantitative estimate of drug-likeness (QED) is 0.622. The minimum absolute atomic E-state index is 0.0119. The maximum absolute atomic E-state index is 12.4. The van der Waals surface area contributed by atoms with E-state index in [1.807, 2.05) is 0 Å². The highest BCUT2D eigenvalue weighted by Crippen LogP contribution is 2.35. The summed E-state index contributed by atoms with van der Waals surface area (Å²) in [7, 11) is 1.29. The van der Waals surface area contributed by atoms with E-state index in [0.29, 0.717) is 5.69 Å². The first kappa shape index (κ1) is 8.55. The Morgan fingerprint density at radius 1 is 1.38 bits per heavy atom. The minimum atomic E-state index is -4.34. The number of hydrogen-bond donors (Lipinski definition) is 0. The van der Waals surface area contributed by atoms with Gasteiger partial charge >= 0.3 is 6.18 Å². The van der Waals surface area contributed by atoms with E-state index in [1.165, 1.54) is 7.05 Å². The van der Waals surface area contributed by atoms with Crippen molar-refractivity contribution in [1.82, 2.24) is 9.78 Å². The Hall–Kier alpha value is -1.04. The van der Waals surface area contributed by atoms with Crippen LogP contribution >= 0.6 is 0 Å². The van der Waals surface area contributed by atoms with Crippen LogP contribution < -0.4 is 0 Å². The number of rotatable bonds is 0. The van der Waals surface area contributed by atoms with E-state index in [4.69, 9.17) is 4.74 Å². The van der Waals surface area contributed by atoms with Crippen LogP contribution in [0.3, 0.4) is 0 Å². The van der Waals surface area contributed by atoms with E-state index in [2.05, 4.69) is 5.10 Å². The predicted molar refractivity (Wildman–Crippen MR) is 36.7 cm³/mol. The second-order valence-corrected chi connectivity index (χ2v) is 2.89. The van der Waals surface area contributed by atoms with Crippen LogP contribution in [0.2, 0.25) is 0 Å². The van der Waals surface area contributed by atoms with Crippen LogP contribution in [0, 0.1) is 0 Å². The molecule has 0 aromatic carbocycles. The summed E-state index contributed by atoms with van der Waals surface area (Å²) in [5, 5.41) is 3.73. The lowest BCUT2D eigenvalue weighted by Gasteiger charge is -2.08. The van der Waals surface area contributed by atoms with Crippen LogP contribution in [0.25, 0.3) is 0 Å². The maximum atomic E-state index is 12.4. The van der Waals surface area contributed by atoms with Gasteiger partial charge in [-0.1, -0.05) is 0 Å². The van der Waals surface area contributed by atoms with Gasteiger partial charge in [-0.25, -0.2) is 0 Å². The van der Waals surface area contributed by atoms with Crippen molar-refractivity contribution in [2.75, 3.05) is 0 Å². The third kappa shape index (κ3) is 1.21. The largest absolute Gasteiger partial charge is 0.433 e. The summed E-state index contributed by atoms with van der Waals surface area (Å²) in [6.07, 6.45) is -4.34. The molecule has 1 aliphatic heterocycles. The normalized spacial score (nSPS) is 16.3. The molecule has 0 spiro atoms. The van der Waals surface area contributed by atoms with Gasteiger partial charge in [0.1, 0.15) is 5.69 Å². The fourth-order valence-electron chi connectivity index (χ4n) is 1.50. The molecular weight excluding hydrogens is 185 g/mol. The number of aryl methyl sites for hydroxylation is 1. The van der Waals surface area contributed by atoms with E-state index in [-0.39, 0.29) is 18.8 Å². The Bertz CT molecular complexity index is 342. The van der Waals surface area contributed by atoms with Crippen molar-refractivity contribution in [3.63, 3.8) is 0 Å². The summed E-state index contributed by atoms with van der Waals surface area (Å²) in [6.45, 7) is 0.192. The molecule has 13 heavy (non-hydrogen) atoms. The number of nitrogens with zero attached hydrogens (tertiary/aromatic N) is 2. The molecule has 0 atom stereocenters. The van der Waals surface area contributed by atoms with Gasteiger partial charge in [0.25, 0.3) is 0 Å². The summed E-state index contributed by atoms with van der Waals surface area (Å²) >= 11 is 0. The summed E-state index contributed by atoms with van der Waals surface area (Å²) in [5.74, 6) is 0. The van der Waals surface area contributed by atoms with E-state index in [1.54, 1.807) is 0 Å². The molecule has 2 heterocycles. The van der Waals surface area contributed by atoms with Gasteiger partial charge in [0.15, 0.2) is 0 Å². The first-order valence-corrected chi connectivity index (χ1v) is 3.70. The lowest BCUT2D eigenvalue weighted by Crippen LogP contribution is -2.14. The number of fused-ring (bicyclic) bond motifs is 1. The molecule has 0 aliphatic carbocycles. The number of aromatic nitrogens is 2. The Morgan fingerprint density at radius 2 is 2.08 bits per heavy atom. The van der Waals surface area contributed by atoms with Crippen LogP contribution in [-0.4, -0.2) is 9.78 Å². The average molecular weight is 192 g/mol. The Kier molecular flexibility index (Phi) is 1.63. The highest BCUT2D eigenvalue weighted by Gasteiger charge is 2.40. The van der Waals surface area contributed by atoms with Gasteiger partial charge in [-0.05, 0) is 0 Å². The predicted octanol–water partition coefficient (Wildman–Crippen LogP) is 1.47. The summed E-state index contributed by atoms with van der Waals surface area (Å²) in [4.78, 5) is 0. The minimum Gasteiger partial charge on any atom is -0.370 e. The lowest BCUT2D eigenvalue weighted by atomic mass is 10.2. The molecule has 72 valence electrons. The molecule has 0 unspecified atom stereocenters. The standard InChI is InChI=1S/C7H7F3N2O/c1-12-6(7(8,9)10)4-2-13-3-5(4)11-12/h2-3H2,1H3. The van der Waals surface area contributed by atoms with Crippen LogP contribution in [-0.2, 0) is 31.2 Å². The van der Waals surface area contributed by atoms with Crippen LogP contribution in [0.5, 0.6) is 0 Å². The molecule has 1 aromatic heterocycles.